The van der Waals surface area contributed by atoms with Gasteiger partial charge in [-0.25, -0.2) is 0 Å². The van der Waals surface area contributed by atoms with Crippen LogP contribution in [-0.4, -0.2) is 4.98 Å². The predicted molar refractivity (Wildman–Crippen MR) is 59.1 cm³/mol. The minimum Gasteiger partial charge on any atom is -0.360 e. The van der Waals surface area contributed by atoms with Crippen LogP contribution in [0, 0.1) is 0 Å². The lowest BCUT2D eigenvalue weighted by molar-refractivity contribution is 1.16. The summed E-state index contributed by atoms with van der Waals surface area (Å²) in [5, 5.41) is 2.60. The normalized spacial score (nSPS) is 13.8. The Bertz CT molecular complexity index is 412. The first-order valence-corrected chi connectivity index (χ1v) is 4.75. The molecule has 1 rings (SSSR count). The summed E-state index contributed by atoms with van der Waals surface area (Å²) in [6, 6.07) is 0. The molecule has 70 valence electrons. The molecule has 1 N–H and O–H groups in total. The molecule has 0 saturated carbocycles. The molecule has 0 aliphatic carbocycles. The average molecular weight is 196 g/mol. The fraction of sp³-hybridized carbons (Fsp3) is 0.273. The van der Waals surface area contributed by atoms with Gasteiger partial charge in [0, 0.05) is 16.8 Å². The number of hydrogen-bond donors (Lipinski definition) is 1. The van der Waals surface area contributed by atoms with Crippen LogP contribution in [0.5, 0.6) is 0 Å². The second-order valence-electron chi connectivity index (χ2n) is 2.89. The predicted octanol–water partition coefficient (Wildman–Crippen LogP) is 2.22. The van der Waals surface area contributed by atoms with E-state index in [9.17, 15) is 0 Å². The monoisotopic (exact) mass is 195 g/mol. The molecular weight excluding hydrogens is 182 g/mol. The summed E-state index contributed by atoms with van der Waals surface area (Å²) in [6.45, 7) is 8.01. The van der Waals surface area contributed by atoms with Crippen LogP contribution in [0.25, 0.3) is 12.7 Å². The SMILES string of the molecule is C=c1[nH]cc(Cl)c1=CC(=CC)CC. The van der Waals surface area contributed by atoms with Crippen molar-refractivity contribution in [3.05, 3.63) is 33.4 Å². The average Bonchev–Trinajstić information content (AvgIpc) is 2.44. The number of H-pyrrole nitrogens is 1. The zero-order valence-electron chi connectivity index (χ0n) is 8.02. The van der Waals surface area contributed by atoms with Crippen molar-refractivity contribution < 1.29 is 0 Å². The van der Waals surface area contributed by atoms with E-state index < -0.39 is 0 Å². The molecule has 13 heavy (non-hydrogen) atoms. The zero-order chi connectivity index (χ0) is 9.84. The van der Waals surface area contributed by atoms with Gasteiger partial charge in [0.1, 0.15) is 0 Å². The Balaban J connectivity index is 3.28. The van der Waals surface area contributed by atoms with Gasteiger partial charge in [-0.05, 0) is 19.4 Å². The molecule has 0 radical (unpaired) electrons. The van der Waals surface area contributed by atoms with E-state index in [0.717, 1.165) is 22.0 Å². The van der Waals surface area contributed by atoms with Gasteiger partial charge in [-0.15, -0.1) is 0 Å². The lowest BCUT2D eigenvalue weighted by Gasteiger charge is -1.92. The van der Waals surface area contributed by atoms with Gasteiger partial charge in [0.15, 0.2) is 0 Å². The van der Waals surface area contributed by atoms with E-state index in [1.165, 1.54) is 5.57 Å². The standard InChI is InChI=1S/C11H14ClN/c1-4-9(5-2)6-10-8(3)13-7-11(10)12/h4,6-7,13H,3,5H2,1-2H3. The van der Waals surface area contributed by atoms with Crippen LogP contribution < -0.4 is 10.6 Å². The topological polar surface area (TPSA) is 15.8 Å². The number of aromatic amines is 1. The van der Waals surface area contributed by atoms with Crippen LogP contribution >= 0.6 is 11.6 Å². The molecule has 0 aromatic carbocycles. The maximum absolute atomic E-state index is 5.97. The third-order valence-corrected chi connectivity index (χ3v) is 2.38. The number of aromatic nitrogens is 1. The van der Waals surface area contributed by atoms with Gasteiger partial charge in [-0.3, -0.25) is 0 Å². The minimum absolute atomic E-state index is 0.734. The van der Waals surface area contributed by atoms with Crippen molar-refractivity contribution in [3.63, 3.8) is 0 Å². The fourth-order valence-corrected chi connectivity index (χ4v) is 1.40. The van der Waals surface area contributed by atoms with Crippen LogP contribution in [0.1, 0.15) is 20.3 Å². The quantitative estimate of drug-likeness (QED) is 0.745. The van der Waals surface area contributed by atoms with Crippen LogP contribution in [0.2, 0.25) is 5.02 Å². The van der Waals surface area contributed by atoms with E-state index >= 15 is 0 Å². The Hall–Kier alpha value is -0.950. The number of allylic oxidation sites excluding steroid dienone is 2. The highest BCUT2D eigenvalue weighted by molar-refractivity contribution is 6.30. The summed E-state index contributed by atoms with van der Waals surface area (Å²) < 4.78 is 0. The highest BCUT2D eigenvalue weighted by Crippen LogP contribution is 2.02. The molecule has 1 nitrogen and oxygen atoms in total. The summed E-state index contributed by atoms with van der Waals surface area (Å²) in [4.78, 5) is 2.99. The van der Waals surface area contributed by atoms with Gasteiger partial charge in [0.05, 0.1) is 5.02 Å². The first-order chi connectivity index (χ1) is 6.19. The number of nitrogens with one attached hydrogen (secondary N) is 1. The molecule has 1 aromatic rings. The van der Waals surface area contributed by atoms with E-state index in [1.54, 1.807) is 6.20 Å². The van der Waals surface area contributed by atoms with Gasteiger partial charge >= 0.3 is 0 Å². The molecular formula is C11H14ClN. The fourth-order valence-electron chi connectivity index (χ4n) is 1.18. The van der Waals surface area contributed by atoms with E-state index in [2.05, 4.69) is 30.6 Å². The summed E-state index contributed by atoms with van der Waals surface area (Å²) in [5.41, 5.74) is 1.27. The summed E-state index contributed by atoms with van der Waals surface area (Å²) in [7, 11) is 0. The van der Waals surface area contributed by atoms with Crippen molar-refractivity contribution in [2.45, 2.75) is 20.3 Å². The minimum atomic E-state index is 0.734. The van der Waals surface area contributed by atoms with Crippen LogP contribution in [0.3, 0.4) is 0 Å². The molecule has 0 atom stereocenters. The van der Waals surface area contributed by atoms with Crippen molar-refractivity contribution in [2.75, 3.05) is 0 Å². The lowest BCUT2D eigenvalue weighted by atomic mass is 10.1. The first-order valence-electron chi connectivity index (χ1n) is 4.37. The molecule has 0 amide bonds. The Kier molecular flexibility index (Phi) is 3.38. The smallest absolute Gasteiger partial charge is 0.0659 e. The van der Waals surface area contributed by atoms with Crippen LogP contribution in [0.4, 0.5) is 0 Å². The maximum Gasteiger partial charge on any atom is 0.0659 e. The second-order valence-corrected chi connectivity index (χ2v) is 3.30. The van der Waals surface area contributed by atoms with Gasteiger partial charge < -0.3 is 4.98 Å². The molecule has 0 unspecified atom stereocenters. The van der Waals surface area contributed by atoms with Crippen molar-refractivity contribution in [2.24, 2.45) is 0 Å². The van der Waals surface area contributed by atoms with Crippen LogP contribution in [0.15, 0.2) is 17.8 Å². The van der Waals surface area contributed by atoms with Crippen molar-refractivity contribution in [3.8, 4) is 0 Å². The molecule has 0 aliphatic heterocycles. The van der Waals surface area contributed by atoms with Gasteiger partial charge in [-0.2, -0.15) is 0 Å². The summed E-state index contributed by atoms with van der Waals surface area (Å²) in [6.07, 6.45) is 6.93. The van der Waals surface area contributed by atoms with Crippen LogP contribution in [-0.2, 0) is 0 Å². The molecule has 2 heteroatoms. The summed E-state index contributed by atoms with van der Waals surface area (Å²) in [5.74, 6) is 0. The Labute approximate surface area is 83.4 Å². The second kappa shape index (κ2) is 4.33. The van der Waals surface area contributed by atoms with Gasteiger partial charge in [0.2, 0.25) is 0 Å². The zero-order valence-corrected chi connectivity index (χ0v) is 8.78. The lowest BCUT2D eigenvalue weighted by Crippen LogP contribution is -2.21. The molecule has 1 heterocycles. The van der Waals surface area contributed by atoms with E-state index in [1.807, 2.05) is 6.92 Å². The van der Waals surface area contributed by atoms with Crippen molar-refractivity contribution in [1.82, 2.24) is 4.98 Å². The molecule has 0 spiro atoms. The maximum atomic E-state index is 5.97. The van der Waals surface area contributed by atoms with Gasteiger partial charge in [0.25, 0.3) is 0 Å². The third kappa shape index (κ3) is 2.25. The molecule has 1 aromatic heterocycles. The number of halogens is 1. The molecule has 0 fully saturated rings. The third-order valence-electron chi connectivity index (χ3n) is 2.06. The number of rotatable bonds is 2. The van der Waals surface area contributed by atoms with Crippen molar-refractivity contribution >= 4 is 24.3 Å². The Morgan fingerprint density at radius 1 is 1.69 bits per heavy atom. The Morgan fingerprint density at radius 3 is 2.77 bits per heavy atom. The molecule has 0 aliphatic rings. The largest absolute Gasteiger partial charge is 0.360 e. The van der Waals surface area contributed by atoms with E-state index in [4.69, 9.17) is 11.6 Å². The first kappa shape index (κ1) is 10.1. The Morgan fingerprint density at radius 2 is 2.38 bits per heavy atom. The highest BCUT2D eigenvalue weighted by atomic mass is 35.5. The highest BCUT2D eigenvalue weighted by Gasteiger charge is 1.94. The molecule has 0 bridgehead atoms. The van der Waals surface area contributed by atoms with E-state index in [0.29, 0.717) is 0 Å². The van der Waals surface area contributed by atoms with Gasteiger partial charge in [-0.1, -0.05) is 36.8 Å². The van der Waals surface area contributed by atoms with E-state index in [-0.39, 0.29) is 0 Å². The molecule has 0 saturated heterocycles. The summed E-state index contributed by atoms with van der Waals surface area (Å²) >= 11 is 5.97. The number of hydrogen-bond acceptors (Lipinski definition) is 0. The van der Waals surface area contributed by atoms with Crippen molar-refractivity contribution in [1.29, 1.82) is 0 Å².